The van der Waals surface area contributed by atoms with Crippen LogP contribution in [0.3, 0.4) is 0 Å². The second-order valence-corrected chi connectivity index (χ2v) is 6.25. The number of esters is 2. The molecule has 0 spiro atoms. The van der Waals surface area contributed by atoms with E-state index >= 15 is 0 Å². The minimum atomic E-state index is -2.33. The lowest BCUT2D eigenvalue weighted by molar-refractivity contribution is -0.183. The summed E-state index contributed by atoms with van der Waals surface area (Å²) in [6, 6.07) is 11.5. The van der Waals surface area contributed by atoms with Crippen molar-refractivity contribution in [1.29, 1.82) is 0 Å². The van der Waals surface area contributed by atoms with Crippen molar-refractivity contribution in [3.05, 3.63) is 71.8 Å². The van der Waals surface area contributed by atoms with Crippen LogP contribution in [-0.2, 0) is 28.7 Å². The number of carboxylic acids is 2. The van der Waals surface area contributed by atoms with E-state index < -0.39 is 36.1 Å². The summed E-state index contributed by atoms with van der Waals surface area (Å²) < 4.78 is 9.33. The van der Waals surface area contributed by atoms with Gasteiger partial charge in [-0.05, 0) is 47.5 Å². The first-order chi connectivity index (χ1) is 15.2. The second kappa shape index (κ2) is 11.0. The van der Waals surface area contributed by atoms with Gasteiger partial charge in [0.2, 0.25) is 12.2 Å². The molecule has 32 heavy (non-hydrogen) atoms. The van der Waals surface area contributed by atoms with Gasteiger partial charge < -0.3 is 29.9 Å². The summed E-state index contributed by atoms with van der Waals surface area (Å²) in [5.74, 6) is -6.25. The number of ether oxygens (including phenoxy) is 2. The first kappa shape index (κ1) is 23.7. The van der Waals surface area contributed by atoms with Gasteiger partial charge in [0.25, 0.3) is 0 Å². The molecule has 0 fully saturated rings. The van der Waals surface area contributed by atoms with Crippen molar-refractivity contribution in [1.82, 2.24) is 0 Å². The van der Waals surface area contributed by atoms with Gasteiger partial charge in [-0.1, -0.05) is 24.3 Å². The average Bonchev–Trinajstić information content (AvgIpc) is 2.73. The molecule has 2 aromatic rings. The lowest BCUT2D eigenvalue weighted by atomic mass is 10.2. The van der Waals surface area contributed by atoms with E-state index in [1.54, 1.807) is 12.1 Å². The molecule has 166 valence electrons. The van der Waals surface area contributed by atoms with Crippen molar-refractivity contribution in [2.24, 2.45) is 0 Å². The third-order valence-electron chi connectivity index (χ3n) is 3.81. The Labute approximate surface area is 181 Å². The molecule has 0 saturated carbocycles. The van der Waals surface area contributed by atoms with Crippen LogP contribution in [0.25, 0.3) is 12.2 Å². The monoisotopic (exact) mass is 442 g/mol. The number of phenolic OH excluding ortho intramolecular Hbond substituents is 2. The predicted octanol–water partition coefficient (Wildman–Crippen LogP) is 1.82. The summed E-state index contributed by atoms with van der Waals surface area (Å²) in [4.78, 5) is 46.9. The highest BCUT2D eigenvalue weighted by atomic mass is 16.6. The summed E-state index contributed by atoms with van der Waals surface area (Å²) in [5, 5.41) is 37.3. The van der Waals surface area contributed by atoms with Crippen LogP contribution in [0.1, 0.15) is 11.1 Å². The van der Waals surface area contributed by atoms with Gasteiger partial charge in [-0.3, -0.25) is 0 Å². The number of carbonyl (C=O) groups excluding carboxylic acids is 2. The summed E-state index contributed by atoms with van der Waals surface area (Å²) in [6.45, 7) is 0. The molecule has 0 heterocycles. The van der Waals surface area contributed by atoms with Gasteiger partial charge in [-0.2, -0.15) is 0 Å². The number of hydrogen-bond acceptors (Lipinski definition) is 8. The van der Waals surface area contributed by atoms with Crippen molar-refractivity contribution in [2.75, 3.05) is 0 Å². The third-order valence-corrected chi connectivity index (χ3v) is 3.81. The van der Waals surface area contributed by atoms with Crippen molar-refractivity contribution < 1.29 is 49.1 Å². The van der Waals surface area contributed by atoms with Crippen LogP contribution in [0.4, 0.5) is 0 Å². The number of benzene rings is 2. The molecule has 0 bridgehead atoms. The van der Waals surface area contributed by atoms with Crippen LogP contribution in [-0.4, -0.2) is 56.5 Å². The Bertz CT molecular complexity index is 984. The Morgan fingerprint density at radius 1 is 0.688 bits per heavy atom. The molecule has 10 heteroatoms. The second-order valence-electron chi connectivity index (χ2n) is 6.25. The third kappa shape index (κ3) is 7.34. The zero-order chi connectivity index (χ0) is 23.7. The van der Waals surface area contributed by atoms with Crippen molar-refractivity contribution in [3.63, 3.8) is 0 Å². The Balaban J connectivity index is 2.09. The minimum Gasteiger partial charge on any atom is -0.508 e. The van der Waals surface area contributed by atoms with Gasteiger partial charge in [-0.25, -0.2) is 19.2 Å². The average molecular weight is 442 g/mol. The van der Waals surface area contributed by atoms with Gasteiger partial charge in [0.1, 0.15) is 11.5 Å². The van der Waals surface area contributed by atoms with E-state index in [4.69, 9.17) is 0 Å². The molecule has 2 aromatic carbocycles. The van der Waals surface area contributed by atoms with E-state index in [2.05, 4.69) is 9.47 Å². The van der Waals surface area contributed by atoms with E-state index in [1.807, 2.05) is 0 Å². The number of carbonyl (C=O) groups is 4. The number of phenols is 2. The standard InChI is InChI=1S/C22H18O10/c23-15-5-1-3-13(11-15)7-9-17(25)31-19(21(27)28)20(22(29)30)32-18(26)10-8-14-4-2-6-16(24)12-14/h1-12,19-20,23-24H,(H,27,28)(H,29,30)/b9-7+,10-8+. The van der Waals surface area contributed by atoms with Crippen LogP contribution in [0.15, 0.2) is 60.7 Å². The van der Waals surface area contributed by atoms with E-state index in [-0.39, 0.29) is 11.5 Å². The Hall–Kier alpha value is -4.60. The number of hydrogen-bond donors (Lipinski definition) is 4. The van der Waals surface area contributed by atoms with Gasteiger partial charge in [0, 0.05) is 12.2 Å². The van der Waals surface area contributed by atoms with Crippen LogP contribution >= 0.6 is 0 Å². The van der Waals surface area contributed by atoms with Gasteiger partial charge in [0.15, 0.2) is 0 Å². The number of aliphatic carboxylic acids is 2. The fraction of sp³-hybridized carbons (Fsp3) is 0.0909. The maximum atomic E-state index is 12.0. The van der Waals surface area contributed by atoms with Gasteiger partial charge in [-0.15, -0.1) is 0 Å². The van der Waals surface area contributed by atoms with Gasteiger partial charge >= 0.3 is 23.9 Å². The Kier molecular flexibility index (Phi) is 8.12. The quantitative estimate of drug-likeness (QED) is 0.332. The summed E-state index contributed by atoms with van der Waals surface area (Å²) in [5.41, 5.74) is 0.791. The molecule has 2 atom stereocenters. The SMILES string of the molecule is O=C(/C=C/c1cccc(O)c1)OC(C(=O)O)C(OC(=O)/C=C/c1cccc(O)c1)C(=O)O. The van der Waals surface area contributed by atoms with E-state index in [1.165, 1.54) is 48.6 Å². The molecule has 4 N–H and O–H groups in total. The molecule has 0 radical (unpaired) electrons. The summed E-state index contributed by atoms with van der Waals surface area (Å²) in [7, 11) is 0. The highest BCUT2D eigenvalue weighted by Crippen LogP contribution is 2.14. The molecule has 0 amide bonds. The minimum absolute atomic E-state index is 0.0689. The Morgan fingerprint density at radius 3 is 1.38 bits per heavy atom. The molecular weight excluding hydrogens is 424 g/mol. The smallest absolute Gasteiger partial charge is 0.349 e. The zero-order valence-electron chi connectivity index (χ0n) is 16.3. The van der Waals surface area contributed by atoms with E-state index in [0.717, 1.165) is 12.2 Å². The van der Waals surface area contributed by atoms with Crippen LogP contribution in [0.2, 0.25) is 0 Å². The van der Waals surface area contributed by atoms with Crippen LogP contribution in [0, 0.1) is 0 Å². The highest BCUT2D eigenvalue weighted by molar-refractivity contribution is 5.93. The molecule has 10 nitrogen and oxygen atoms in total. The lowest BCUT2D eigenvalue weighted by Crippen LogP contribution is -2.45. The van der Waals surface area contributed by atoms with E-state index in [0.29, 0.717) is 11.1 Å². The lowest BCUT2D eigenvalue weighted by Gasteiger charge is -2.19. The predicted molar refractivity (Wildman–Crippen MR) is 109 cm³/mol. The van der Waals surface area contributed by atoms with Crippen molar-refractivity contribution >= 4 is 36.0 Å². The van der Waals surface area contributed by atoms with E-state index in [9.17, 15) is 39.6 Å². The fourth-order valence-corrected chi connectivity index (χ4v) is 2.40. The summed E-state index contributed by atoms with van der Waals surface area (Å²) >= 11 is 0. The highest BCUT2D eigenvalue weighted by Gasteiger charge is 2.40. The van der Waals surface area contributed by atoms with Crippen LogP contribution < -0.4 is 0 Å². The zero-order valence-corrected chi connectivity index (χ0v) is 16.3. The normalized spacial score (nSPS) is 12.9. The van der Waals surface area contributed by atoms with Crippen molar-refractivity contribution in [2.45, 2.75) is 12.2 Å². The largest absolute Gasteiger partial charge is 0.508 e. The first-order valence-electron chi connectivity index (χ1n) is 8.97. The Morgan fingerprint density at radius 2 is 1.06 bits per heavy atom. The molecule has 0 saturated heterocycles. The van der Waals surface area contributed by atoms with Crippen molar-refractivity contribution in [3.8, 4) is 11.5 Å². The molecule has 0 aromatic heterocycles. The van der Waals surface area contributed by atoms with Gasteiger partial charge in [0.05, 0.1) is 0 Å². The maximum absolute atomic E-state index is 12.0. The molecule has 2 rings (SSSR count). The number of carboxylic acid groups (broad SMARTS) is 2. The summed E-state index contributed by atoms with van der Waals surface area (Å²) in [6.07, 6.45) is -0.582. The molecular formula is C22H18O10. The van der Waals surface area contributed by atoms with Crippen LogP contribution in [0.5, 0.6) is 11.5 Å². The number of aromatic hydroxyl groups is 2. The molecule has 0 aliphatic rings. The maximum Gasteiger partial charge on any atom is 0.349 e. The molecule has 0 aliphatic heterocycles. The molecule has 0 aliphatic carbocycles. The topological polar surface area (TPSA) is 168 Å². The first-order valence-corrected chi connectivity index (χ1v) is 8.97. The molecule has 2 unspecified atom stereocenters. The number of rotatable bonds is 9. The fourth-order valence-electron chi connectivity index (χ4n) is 2.40.